The van der Waals surface area contributed by atoms with Crippen molar-refractivity contribution in [2.75, 3.05) is 0 Å². The molecule has 1 aromatic carbocycles. The highest BCUT2D eigenvalue weighted by Crippen LogP contribution is 2.16. The average molecular weight is 283 g/mol. The summed E-state index contributed by atoms with van der Waals surface area (Å²) in [6.45, 7) is 2.25. The van der Waals surface area contributed by atoms with E-state index >= 15 is 0 Å². The lowest BCUT2D eigenvalue weighted by atomic mass is 10.1. The Morgan fingerprint density at radius 1 is 1.24 bits per heavy atom. The zero-order chi connectivity index (χ0) is 14.8. The number of nitrogens with one attached hydrogen (secondary N) is 2. The number of benzene rings is 1. The van der Waals surface area contributed by atoms with Crippen LogP contribution in [-0.4, -0.2) is 10.5 Å². The van der Waals surface area contributed by atoms with Crippen molar-refractivity contribution in [1.29, 1.82) is 0 Å². The minimum atomic E-state index is -0.230. The number of pyridine rings is 1. The van der Waals surface area contributed by atoms with E-state index in [9.17, 15) is 9.59 Å². The number of hydrogen-bond donors (Lipinski definition) is 2. The number of carbonyl (C=O) groups excluding carboxylic acids is 1. The number of amides is 1. The molecule has 0 unspecified atom stereocenters. The zero-order valence-corrected chi connectivity index (χ0v) is 11.8. The largest absolute Gasteiger partial charge is 0.348 e. The number of aromatic nitrogens is 1. The van der Waals surface area contributed by atoms with Crippen molar-refractivity contribution in [1.82, 2.24) is 15.2 Å². The van der Waals surface area contributed by atoms with Crippen LogP contribution in [0.2, 0.25) is 0 Å². The molecule has 2 N–H and O–H groups in total. The summed E-state index contributed by atoms with van der Waals surface area (Å²) in [5.41, 5.74) is 3.87. The van der Waals surface area contributed by atoms with E-state index in [1.54, 1.807) is 19.3 Å². The molecule has 108 valence electrons. The Labute approximate surface area is 122 Å². The van der Waals surface area contributed by atoms with Gasteiger partial charge in [0.15, 0.2) is 0 Å². The van der Waals surface area contributed by atoms with Gasteiger partial charge < -0.3 is 15.2 Å². The molecule has 1 aromatic heterocycles. The van der Waals surface area contributed by atoms with Crippen LogP contribution in [0.4, 0.5) is 0 Å². The molecular formula is C16H17N3O2. The fourth-order valence-electron chi connectivity index (χ4n) is 2.43. The number of carbonyl (C=O) groups is 1. The quantitative estimate of drug-likeness (QED) is 0.880. The van der Waals surface area contributed by atoms with Crippen molar-refractivity contribution in [2.24, 2.45) is 7.05 Å². The third kappa shape index (κ3) is 2.87. The van der Waals surface area contributed by atoms with E-state index in [2.05, 4.69) is 22.8 Å². The molecule has 21 heavy (non-hydrogen) atoms. The molecule has 2 aromatic rings. The lowest BCUT2D eigenvalue weighted by Gasteiger charge is -2.07. The molecule has 1 aliphatic rings. The molecule has 1 amide bonds. The molecule has 0 saturated heterocycles. The van der Waals surface area contributed by atoms with Crippen molar-refractivity contribution < 1.29 is 4.79 Å². The van der Waals surface area contributed by atoms with Gasteiger partial charge in [-0.3, -0.25) is 9.59 Å². The molecule has 2 heterocycles. The van der Waals surface area contributed by atoms with Crippen molar-refractivity contribution in [3.8, 4) is 0 Å². The highest BCUT2D eigenvalue weighted by atomic mass is 16.2. The van der Waals surface area contributed by atoms with Crippen LogP contribution in [0.3, 0.4) is 0 Å². The van der Waals surface area contributed by atoms with Gasteiger partial charge in [-0.1, -0.05) is 18.2 Å². The molecule has 5 heteroatoms. The summed E-state index contributed by atoms with van der Waals surface area (Å²) in [6.07, 6.45) is 1.60. The molecule has 0 saturated carbocycles. The van der Waals surface area contributed by atoms with Crippen LogP contribution in [0.1, 0.15) is 27.0 Å². The van der Waals surface area contributed by atoms with Crippen LogP contribution in [0.25, 0.3) is 0 Å². The van der Waals surface area contributed by atoms with E-state index in [-0.39, 0.29) is 11.5 Å². The van der Waals surface area contributed by atoms with Gasteiger partial charge in [-0.25, -0.2) is 0 Å². The van der Waals surface area contributed by atoms with Gasteiger partial charge in [0.25, 0.3) is 11.5 Å². The van der Waals surface area contributed by atoms with Gasteiger partial charge in [-0.15, -0.1) is 0 Å². The third-order valence-electron chi connectivity index (χ3n) is 3.72. The Hall–Kier alpha value is -2.40. The first-order valence-corrected chi connectivity index (χ1v) is 6.90. The molecule has 0 spiro atoms. The highest BCUT2D eigenvalue weighted by Gasteiger charge is 2.11. The van der Waals surface area contributed by atoms with E-state index in [4.69, 9.17) is 0 Å². The van der Waals surface area contributed by atoms with Gasteiger partial charge in [-0.2, -0.15) is 0 Å². The summed E-state index contributed by atoms with van der Waals surface area (Å²) in [6, 6.07) is 9.22. The van der Waals surface area contributed by atoms with Crippen LogP contribution >= 0.6 is 0 Å². The van der Waals surface area contributed by atoms with Crippen LogP contribution in [0, 0.1) is 0 Å². The minimum absolute atomic E-state index is 0.189. The number of nitrogens with zero attached hydrogens (tertiary/aromatic N) is 1. The fraction of sp³-hybridized carbons (Fsp3) is 0.250. The maximum atomic E-state index is 12.0. The van der Waals surface area contributed by atoms with Crippen molar-refractivity contribution in [3.63, 3.8) is 0 Å². The Morgan fingerprint density at radius 3 is 2.86 bits per heavy atom. The summed E-state index contributed by atoms with van der Waals surface area (Å²) in [4.78, 5) is 23.6. The van der Waals surface area contributed by atoms with E-state index in [0.717, 1.165) is 18.7 Å². The fourth-order valence-corrected chi connectivity index (χ4v) is 2.43. The lowest BCUT2D eigenvalue weighted by Crippen LogP contribution is -2.25. The van der Waals surface area contributed by atoms with Crippen LogP contribution < -0.4 is 16.2 Å². The summed E-state index contributed by atoms with van der Waals surface area (Å²) in [5, 5.41) is 6.14. The molecule has 1 aliphatic heterocycles. The first kappa shape index (κ1) is 13.6. The SMILES string of the molecule is Cn1ccc(C(=O)NCc2ccc3c(c2)CNC3)cc1=O. The van der Waals surface area contributed by atoms with E-state index < -0.39 is 0 Å². The maximum Gasteiger partial charge on any atom is 0.251 e. The predicted octanol–water partition coefficient (Wildman–Crippen LogP) is 0.919. The topological polar surface area (TPSA) is 63.1 Å². The number of fused-ring (bicyclic) bond motifs is 1. The summed E-state index contributed by atoms with van der Waals surface area (Å²) >= 11 is 0. The van der Waals surface area contributed by atoms with Crippen LogP contribution in [0.5, 0.6) is 0 Å². The van der Waals surface area contributed by atoms with Crippen molar-refractivity contribution >= 4 is 5.91 Å². The summed E-state index contributed by atoms with van der Waals surface area (Å²) < 4.78 is 1.43. The Balaban J connectivity index is 1.68. The van der Waals surface area contributed by atoms with Crippen molar-refractivity contribution in [2.45, 2.75) is 19.6 Å². The second-order valence-corrected chi connectivity index (χ2v) is 5.25. The van der Waals surface area contributed by atoms with E-state index in [1.165, 1.54) is 21.8 Å². The minimum Gasteiger partial charge on any atom is -0.348 e. The van der Waals surface area contributed by atoms with Gasteiger partial charge in [0, 0.05) is 44.5 Å². The Morgan fingerprint density at radius 2 is 2.05 bits per heavy atom. The van der Waals surface area contributed by atoms with Crippen molar-refractivity contribution in [3.05, 3.63) is 69.1 Å². The molecule has 0 radical (unpaired) electrons. The normalized spacial score (nSPS) is 13.0. The first-order valence-electron chi connectivity index (χ1n) is 6.90. The predicted molar refractivity (Wildman–Crippen MR) is 79.8 cm³/mol. The molecule has 0 fully saturated rings. The molecule has 3 rings (SSSR count). The van der Waals surface area contributed by atoms with Gasteiger partial charge in [0.2, 0.25) is 0 Å². The smallest absolute Gasteiger partial charge is 0.251 e. The van der Waals surface area contributed by atoms with Crippen LogP contribution in [-0.2, 0) is 26.7 Å². The second-order valence-electron chi connectivity index (χ2n) is 5.25. The molecule has 0 bridgehead atoms. The molecule has 0 atom stereocenters. The van der Waals surface area contributed by atoms with Crippen LogP contribution in [0.15, 0.2) is 41.3 Å². The Bertz CT molecular complexity index is 749. The molecular weight excluding hydrogens is 266 g/mol. The first-order chi connectivity index (χ1) is 10.1. The number of aryl methyl sites for hydroxylation is 1. The molecule has 5 nitrogen and oxygen atoms in total. The standard InChI is InChI=1S/C16H17N3O2/c1-19-5-4-12(7-15(19)20)16(21)18-8-11-2-3-13-9-17-10-14(13)6-11/h2-7,17H,8-10H2,1H3,(H,18,21). The van der Waals surface area contributed by atoms with E-state index in [1.807, 2.05) is 6.07 Å². The zero-order valence-electron chi connectivity index (χ0n) is 11.8. The highest BCUT2D eigenvalue weighted by molar-refractivity contribution is 5.93. The van der Waals surface area contributed by atoms with Gasteiger partial charge >= 0.3 is 0 Å². The summed E-state index contributed by atoms with van der Waals surface area (Å²) in [5.74, 6) is -0.230. The average Bonchev–Trinajstić information content (AvgIpc) is 2.95. The second kappa shape index (κ2) is 5.54. The molecule has 0 aliphatic carbocycles. The summed E-state index contributed by atoms with van der Waals surface area (Å²) in [7, 11) is 1.66. The lowest BCUT2D eigenvalue weighted by molar-refractivity contribution is 0.0950. The maximum absolute atomic E-state index is 12.0. The Kier molecular flexibility index (Phi) is 3.58. The van der Waals surface area contributed by atoms with Gasteiger partial charge in [0.1, 0.15) is 0 Å². The number of rotatable bonds is 3. The monoisotopic (exact) mass is 283 g/mol. The van der Waals surface area contributed by atoms with E-state index in [0.29, 0.717) is 12.1 Å². The number of hydrogen-bond acceptors (Lipinski definition) is 3. The van der Waals surface area contributed by atoms with Gasteiger partial charge in [-0.05, 0) is 22.8 Å². The van der Waals surface area contributed by atoms with Gasteiger partial charge in [0.05, 0.1) is 0 Å². The third-order valence-corrected chi connectivity index (χ3v) is 3.72.